The molecule has 6 heterocycles. The van der Waals surface area contributed by atoms with Gasteiger partial charge in [-0.3, -0.25) is 4.85 Å². The first-order chi connectivity index (χ1) is 16.3. The lowest BCUT2D eigenvalue weighted by Gasteiger charge is -2.59. The van der Waals surface area contributed by atoms with Crippen LogP contribution < -0.4 is 4.90 Å². The third-order valence-corrected chi connectivity index (χ3v) is 7.51. The first-order valence-electron chi connectivity index (χ1n) is 11.6. The number of rotatable bonds is 4. The Hall–Kier alpha value is -3.51. The number of H-pyrrole nitrogens is 1. The van der Waals surface area contributed by atoms with Gasteiger partial charge in [-0.25, -0.2) is 30.3 Å². The van der Waals surface area contributed by atoms with Gasteiger partial charge in [-0.2, -0.15) is 5.10 Å². The van der Waals surface area contributed by atoms with E-state index in [-0.39, 0.29) is 17.2 Å². The molecule has 0 saturated carbocycles. The SMILES string of the molecule is [C-]#[N+]CN1CC2(C1)CN(c1ncc3[nH]c(-c4cn5ncnc5c(C)c4C)c(C(C)C)c3c1F)C2. The van der Waals surface area contributed by atoms with Crippen LogP contribution in [0.2, 0.25) is 0 Å². The van der Waals surface area contributed by atoms with Crippen molar-refractivity contribution in [2.24, 2.45) is 5.41 Å². The van der Waals surface area contributed by atoms with E-state index in [1.54, 1.807) is 17.0 Å². The molecule has 4 aromatic rings. The molecule has 0 aromatic carbocycles. The molecule has 6 rings (SSSR count). The Balaban J connectivity index is 1.42. The van der Waals surface area contributed by atoms with Crippen LogP contribution >= 0.6 is 0 Å². The second-order valence-electron chi connectivity index (χ2n) is 10.2. The Kier molecular flexibility index (Phi) is 4.48. The van der Waals surface area contributed by atoms with Crippen LogP contribution in [0.3, 0.4) is 0 Å². The van der Waals surface area contributed by atoms with Gasteiger partial charge in [-0.15, -0.1) is 0 Å². The number of halogens is 1. The summed E-state index contributed by atoms with van der Waals surface area (Å²) in [4.78, 5) is 20.0. The van der Waals surface area contributed by atoms with E-state index >= 15 is 4.39 Å². The first-order valence-corrected chi connectivity index (χ1v) is 11.6. The minimum atomic E-state index is -0.257. The molecule has 0 aliphatic carbocycles. The molecule has 2 fully saturated rings. The number of aromatic amines is 1. The standard InChI is InChI=1S/C25H27FN8/c1-14(2)19-20-18(31-22(19)17-7-34-23(29-12-30-34)16(4)15(17)3)6-28-24(21(20)26)33-10-25(11-33)8-32(9-25)13-27-5/h6-7,12,14,31H,8-11,13H2,1-4H3. The van der Waals surface area contributed by atoms with Gasteiger partial charge in [0.2, 0.25) is 0 Å². The van der Waals surface area contributed by atoms with Gasteiger partial charge in [-0.05, 0) is 36.5 Å². The Morgan fingerprint density at radius 3 is 2.65 bits per heavy atom. The molecule has 0 radical (unpaired) electrons. The lowest BCUT2D eigenvalue weighted by Crippen LogP contribution is -2.72. The maximum Gasteiger partial charge on any atom is 0.270 e. The molecule has 9 heteroatoms. The van der Waals surface area contributed by atoms with Gasteiger partial charge >= 0.3 is 0 Å². The van der Waals surface area contributed by atoms with Crippen LogP contribution in [0.25, 0.3) is 32.7 Å². The minimum Gasteiger partial charge on any atom is -0.353 e. The predicted molar refractivity (Wildman–Crippen MR) is 129 cm³/mol. The molecule has 34 heavy (non-hydrogen) atoms. The number of aryl methyl sites for hydroxylation is 1. The van der Waals surface area contributed by atoms with Crippen molar-refractivity contribution >= 4 is 22.4 Å². The van der Waals surface area contributed by atoms with E-state index in [2.05, 4.69) is 50.6 Å². The highest BCUT2D eigenvalue weighted by atomic mass is 19.1. The smallest absolute Gasteiger partial charge is 0.270 e. The molecular formula is C25H27FN8. The third kappa shape index (κ3) is 2.88. The summed E-state index contributed by atoms with van der Waals surface area (Å²) in [7, 11) is 0. The van der Waals surface area contributed by atoms with Crippen LogP contribution in [0, 0.1) is 31.7 Å². The topological polar surface area (TPSA) is 69.7 Å². The van der Waals surface area contributed by atoms with E-state index in [1.165, 1.54) is 0 Å². The van der Waals surface area contributed by atoms with Crippen molar-refractivity contribution in [2.75, 3.05) is 37.7 Å². The summed E-state index contributed by atoms with van der Waals surface area (Å²) in [6.07, 6.45) is 5.29. The fraction of sp³-hybridized carbons (Fsp3) is 0.440. The molecule has 8 nitrogen and oxygen atoms in total. The van der Waals surface area contributed by atoms with Crippen molar-refractivity contribution in [3.05, 3.63) is 52.6 Å². The van der Waals surface area contributed by atoms with E-state index in [1.807, 2.05) is 18.0 Å². The van der Waals surface area contributed by atoms with Crippen molar-refractivity contribution in [2.45, 2.75) is 33.6 Å². The minimum absolute atomic E-state index is 0.108. The molecule has 2 saturated heterocycles. The van der Waals surface area contributed by atoms with Crippen molar-refractivity contribution in [1.82, 2.24) is 29.5 Å². The van der Waals surface area contributed by atoms with Crippen LogP contribution in [0.1, 0.15) is 36.5 Å². The summed E-state index contributed by atoms with van der Waals surface area (Å²) in [6.45, 7) is 19.2. The summed E-state index contributed by atoms with van der Waals surface area (Å²) in [5, 5.41) is 4.95. The molecular weight excluding hydrogens is 431 g/mol. The molecule has 174 valence electrons. The second-order valence-corrected chi connectivity index (χ2v) is 10.2. The summed E-state index contributed by atoms with van der Waals surface area (Å²) in [5.74, 6) is 0.275. The highest BCUT2D eigenvalue weighted by Gasteiger charge is 2.53. The molecule has 4 aromatic heterocycles. The molecule has 0 bridgehead atoms. The number of pyridine rings is 2. The van der Waals surface area contributed by atoms with Gasteiger partial charge in [0, 0.05) is 48.7 Å². The van der Waals surface area contributed by atoms with Gasteiger partial charge in [0.05, 0.1) is 17.4 Å². The zero-order valence-corrected chi connectivity index (χ0v) is 19.9. The van der Waals surface area contributed by atoms with Crippen LogP contribution in [0.15, 0.2) is 18.7 Å². The number of aromatic nitrogens is 5. The van der Waals surface area contributed by atoms with Crippen molar-refractivity contribution in [3.63, 3.8) is 0 Å². The highest BCUT2D eigenvalue weighted by molar-refractivity contribution is 5.94. The monoisotopic (exact) mass is 458 g/mol. The number of hydrogen-bond donors (Lipinski definition) is 1. The van der Waals surface area contributed by atoms with E-state index < -0.39 is 0 Å². The first kappa shape index (κ1) is 21.1. The number of anilines is 1. The zero-order chi connectivity index (χ0) is 23.8. The molecule has 0 unspecified atom stereocenters. The highest BCUT2D eigenvalue weighted by Crippen LogP contribution is 2.44. The summed E-state index contributed by atoms with van der Waals surface area (Å²) in [6, 6.07) is 0. The van der Waals surface area contributed by atoms with Crippen LogP contribution in [0.5, 0.6) is 0 Å². The zero-order valence-electron chi connectivity index (χ0n) is 19.9. The van der Waals surface area contributed by atoms with Gasteiger partial charge in [0.25, 0.3) is 6.67 Å². The normalized spacial score (nSPS) is 17.5. The predicted octanol–water partition coefficient (Wildman–Crippen LogP) is 4.15. The van der Waals surface area contributed by atoms with E-state index in [9.17, 15) is 0 Å². The number of nitrogens with one attached hydrogen (secondary N) is 1. The number of fused-ring (bicyclic) bond motifs is 2. The molecule has 0 atom stereocenters. The maximum atomic E-state index is 16.0. The van der Waals surface area contributed by atoms with Crippen molar-refractivity contribution in [3.8, 4) is 11.3 Å². The van der Waals surface area contributed by atoms with Crippen molar-refractivity contribution in [1.29, 1.82) is 0 Å². The van der Waals surface area contributed by atoms with Crippen LogP contribution in [-0.4, -0.2) is 62.3 Å². The quantitative estimate of drug-likeness (QED) is 0.465. The molecule has 1 spiro atoms. The number of likely N-dealkylation sites (tertiary alicyclic amines) is 1. The fourth-order valence-electron chi connectivity index (χ4n) is 5.84. The number of nitrogens with zero attached hydrogens (tertiary/aromatic N) is 7. The van der Waals surface area contributed by atoms with Gasteiger partial charge in [-0.1, -0.05) is 13.8 Å². The molecule has 1 N–H and O–H groups in total. The van der Waals surface area contributed by atoms with E-state index in [0.717, 1.165) is 59.8 Å². The largest absolute Gasteiger partial charge is 0.353 e. The Morgan fingerprint density at radius 1 is 1.18 bits per heavy atom. The Labute approximate surface area is 197 Å². The van der Waals surface area contributed by atoms with Gasteiger partial charge < -0.3 is 9.88 Å². The second kappa shape index (κ2) is 7.24. The van der Waals surface area contributed by atoms with Crippen LogP contribution in [0.4, 0.5) is 10.2 Å². The Bertz CT molecular complexity index is 1480. The average molecular weight is 459 g/mol. The Morgan fingerprint density at radius 2 is 1.94 bits per heavy atom. The lowest BCUT2D eigenvalue weighted by molar-refractivity contribution is -0.0144. The lowest BCUT2D eigenvalue weighted by atomic mass is 9.73. The summed E-state index contributed by atoms with van der Waals surface area (Å²) < 4.78 is 17.8. The average Bonchev–Trinajstić information content (AvgIpc) is 3.37. The van der Waals surface area contributed by atoms with E-state index in [4.69, 9.17) is 6.57 Å². The molecule has 0 amide bonds. The third-order valence-electron chi connectivity index (χ3n) is 7.51. The summed E-state index contributed by atoms with van der Waals surface area (Å²) >= 11 is 0. The summed E-state index contributed by atoms with van der Waals surface area (Å²) in [5.41, 5.74) is 6.74. The van der Waals surface area contributed by atoms with Crippen molar-refractivity contribution < 1.29 is 4.39 Å². The van der Waals surface area contributed by atoms with Gasteiger partial charge in [0.1, 0.15) is 6.33 Å². The van der Waals surface area contributed by atoms with E-state index in [0.29, 0.717) is 23.4 Å². The van der Waals surface area contributed by atoms with Gasteiger partial charge in [0.15, 0.2) is 17.3 Å². The fourth-order valence-corrected chi connectivity index (χ4v) is 5.84. The maximum absolute atomic E-state index is 16.0. The van der Waals surface area contributed by atoms with Crippen LogP contribution in [-0.2, 0) is 0 Å². The number of hydrogen-bond acceptors (Lipinski definition) is 5. The molecule has 2 aliphatic rings. The molecule has 2 aliphatic heterocycles.